The van der Waals surface area contributed by atoms with E-state index in [9.17, 15) is 9.90 Å². The SMILES string of the molecule is CC1=CCC=C(Cn2c(CC(C)(C)C(=O)O)c(SC(C)(C)C)c3cc(C)ccc32)C=C1. The number of nitrogens with zero attached hydrogens (tertiary/aromatic N) is 1. The smallest absolute Gasteiger partial charge is 0.309 e. The van der Waals surface area contributed by atoms with E-state index in [1.807, 2.05) is 25.6 Å². The third kappa shape index (κ3) is 5.54. The Kier molecular flexibility index (Phi) is 6.61. The number of aryl methyl sites for hydroxylation is 1. The van der Waals surface area contributed by atoms with E-state index in [4.69, 9.17) is 0 Å². The van der Waals surface area contributed by atoms with Crippen molar-refractivity contribution in [3.05, 3.63) is 64.9 Å². The Bertz CT molecular complexity index is 1090. The highest BCUT2D eigenvalue weighted by Gasteiger charge is 2.32. The van der Waals surface area contributed by atoms with Gasteiger partial charge in [-0.15, -0.1) is 11.8 Å². The number of thioether (sulfide) groups is 1. The van der Waals surface area contributed by atoms with Gasteiger partial charge in [-0.2, -0.15) is 0 Å². The van der Waals surface area contributed by atoms with Crippen molar-refractivity contribution < 1.29 is 9.90 Å². The van der Waals surface area contributed by atoms with E-state index in [0.29, 0.717) is 6.42 Å². The minimum Gasteiger partial charge on any atom is -0.481 e. The van der Waals surface area contributed by atoms with Gasteiger partial charge in [0.1, 0.15) is 0 Å². The Balaban J connectivity index is 2.23. The van der Waals surface area contributed by atoms with Crippen LogP contribution in [0.3, 0.4) is 0 Å². The second kappa shape index (κ2) is 8.74. The van der Waals surface area contributed by atoms with Crippen molar-refractivity contribution in [2.24, 2.45) is 5.41 Å². The molecule has 0 atom stereocenters. The Morgan fingerprint density at radius 3 is 2.45 bits per heavy atom. The predicted molar refractivity (Wildman–Crippen MR) is 133 cm³/mol. The number of carboxylic acids is 1. The quantitative estimate of drug-likeness (QED) is 0.481. The van der Waals surface area contributed by atoms with Crippen LogP contribution in [0.5, 0.6) is 0 Å². The van der Waals surface area contributed by atoms with Crippen molar-refractivity contribution in [3.63, 3.8) is 0 Å². The number of fused-ring (bicyclic) bond motifs is 1. The van der Waals surface area contributed by atoms with Gasteiger partial charge in [0, 0.05) is 39.2 Å². The van der Waals surface area contributed by atoms with Crippen LogP contribution in [0.25, 0.3) is 10.9 Å². The number of hydrogen-bond acceptors (Lipinski definition) is 2. The Hall–Kier alpha value is -2.20. The molecule has 166 valence electrons. The first-order chi connectivity index (χ1) is 14.4. The lowest BCUT2D eigenvalue weighted by Crippen LogP contribution is -2.28. The molecule has 1 aliphatic carbocycles. The molecule has 0 fully saturated rings. The van der Waals surface area contributed by atoms with Gasteiger partial charge in [0.2, 0.25) is 0 Å². The topological polar surface area (TPSA) is 42.2 Å². The molecular formula is C27H35NO2S. The van der Waals surface area contributed by atoms with Crippen LogP contribution in [0.4, 0.5) is 0 Å². The summed E-state index contributed by atoms with van der Waals surface area (Å²) in [6, 6.07) is 6.60. The van der Waals surface area contributed by atoms with Crippen molar-refractivity contribution in [2.45, 2.75) is 77.5 Å². The van der Waals surface area contributed by atoms with Crippen LogP contribution in [0.15, 0.2) is 58.5 Å². The van der Waals surface area contributed by atoms with Gasteiger partial charge < -0.3 is 9.67 Å². The lowest BCUT2D eigenvalue weighted by molar-refractivity contribution is -0.146. The van der Waals surface area contributed by atoms with Crippen LogP contribution in [0.1, 0.15) is 59.2 Å². The molecule has 0 spiro atoms. The van der Waals surface area contributed by atoms with Gasteiger partial charge in [0.15, 0.2) is 0 Å². The van der Waals surface area contributed by atoms with Gasteiger partial charge in [-0.25, -0.2) is 0 Å². The standard InChI is InChI=1S/C27H35NO2S/c1-18-9-8-10-20(13-11-18)17-28-22-14-12-19(2)15-21(22)24(31-26(3,4)5)23(28)16-27(6,7)25(29)30/h9-15H,8,16-17H2,1-7H3,(H,29,30). The monoisotopic (exact) mass is 437 g/mol. The summed E-state index contributed by atoms with van der Waals surface area (Å²) in [5.41, 5.74) is 5.20. The predicted octanol–water partition coefficient (Wildman–Crippen LogP) is 7.33. The maximum absolute atomic E-state index is 12.0. The van der Waals surface area contributed by atoms with E-state index < -0.39 is 11.4 Å². The van der Waals surface area contributed by atoms with E-state index in [2.05, 4.69) is 81.7 Å². The minimum absolute atomic E-state index is 0.0213. The number of benzene rings is 1. The number of hydrogen-bond donors (Lipinski definition) is 1. The largest absolute Gasteiger partial charge is 0.481 e. The van der Waals surface area contributed by atoms with Crippen LogP contribution in [-0.2, 0) is 17.8 Å². The molecule has 0 aliphatic heterocycles. The molecule has 31 heavy (non-hydrogen) atoms. The van der Waals surface area contributed by atoms with Crippen LogP contribution in [0, 0.1) is 12.3 Å². The van der Waals surface area contributed by atoms with Gasteiger partial charge in [0.25, 0.3) is 0 Å². The van der Waals surface area contributed by atoms with Crippen molar-refractivity contribution >= 4 is 28.6 Å². The fourth-order valence-corrected chi connectivity index (χ4v) is 5.02. The van der Waals surface area contributed by atoms with Crippen molar-refractivity contribution in [1.82, 2.24) is 4.57 Å². The van der Waals surface area contributed by atoms with E-state index in [0.717, 1.165) is 18.7 Å². The molecule has 0 unspecified atom stereocenters. The number of aromatic nitrogens is 1. The number of carboxylic acid groups (broad SMARTS) is 1. The van der Waals surface area contributed by atoms with E-state index in [1.54, 1.807) is 0 Å². The van der Waals surface area contributed by atoms with Gasteiger partial charge in [-0.3, -0.25) is 4.79 Å². The molecule has 1 N–H and O–H groups in total. The second-order valence-corrected chi connectivity index (χ2v) is 12.1. The summed E-state index contributed by atoms with van der Waals surface area (Å²) in [5, 5.41) is 11.1. The fourth-order valence-electron chi connectivity index (χ4n) is 3.83. The average Bonchev–Trinajstić information content (AvgIpc) is 2.78. The molecule has 1 aromatic heterocycles. The third-order valence-electron chi connectivity index (χ3n) is 5.59. The summed E-state index contributed by atoms with van der Waals surface area (Å²) in [6.45, 7) is 15.3. The molecule has 0 saturated heterocycles. The molecule has 0 amide bonds. The normalized spacial score (nSPS) is 15.1. The molecule has 0 bridgehead atoms. The van der Waals surface area contributed by atoms with Crippen LogP contribution in [0.2, 0.25) is 0 Å². The number of aliphatic carboxylic acids is 1. The van der Waals surface area contributed by atoms with Crippen LogP contribution in [-0.4, -0.2) is 20.4 Å². The van der Waals surface area contributed by atoms with Crippen LogP contribution < -0.4 is 0 Å². The first-order valence-electron chi connectivity index (χ1n) is 11.0. The van der Waals surface area contributed by atoms with Gasteiger partial charge in [-0.1, -0.05) is 62.3 Å². The maximum Gasteiger partial charge on any atom is 0.309 e. The molecule has 1 aliphatic rings. The highest BCUT2D eigenvalue weighted by atomic mass is 32.2. The molecular weight excluding hydrogens is 402 g/mol. The number of rotatable bonds is 6. The molecule has 3 nitrogen and oxygen atoms in total. The first-order valence-corrected chi connectivity index (χ1v) is 11.8. The Morgan fingerprint density at radius 1 is 1.10 bits per heavy atom. The minimum atomic E-state index is -0.847. The first kappa shape index (κ1) is 23.5. The molecule has 2 aromatic rings. The zero-order chi connectivity index (χ0) is 23.0. The Morgan fingerprint density at radius 2 is 1.81 bits per heavy atom. The lowest BCUT2D eigenvalue weighted by Gasteiger charge is -2.24. The summed E-state index contributed by atoms with van der Waals surface area (Å²) < 4.78 is 2.37. The van der Waals surface area contributed by atoms with Gasteiger partial charge >= 0.3 is 5.97 Å². The number of carbonyl (C=O) groups is 1. The van der Waals surface area contributed by atoms with Gasteiger partial charge in [0.05, 0.1) is 5.41 Å². The van der Waals surface area contributed by atoms with Crippen LogP contribution >= 0.6 is 11.8 Å². The van der Waals surface area contributed by atoms with E-state index >= 15 is 0 Å². The summed E-state index contributed by atoms with van der Waals surface area (Å²) in [6.07, 6.45) is 10.3. The highest BCUT2D eigenvalue weighted by molar-refractivity contribution is 8.00. The van der Waals surface area contributed by atoms with Crippen molar-refractivity contribution in [3.8, 4) is 0 Å². The van der Waals surface area contributed by atoms with Crippen molar-refractivity contribution in [2.75, 3.05) is 0 Å². The molecule has 3 rings (SSSR count). The summed E-state index contributed by atoms with van der Waals surface area (Å²) in [4.78, 5) is 13.2. The summed E-state index contributed by atoms with van der Waals surface area (Å²) in [5.74, 6) is -0.763. The zero-order valence-corrected chi connectivity index (χ0v) is 20.7. The Labute approximate surface area is 190 Å². The fraction of sp³-hybridized carbons (Fsp3) is 0.444. The highest BCUT2D eigenvalue weighted by Crippen LogP contribution is 2.43. The number of allylic oxidation sites excluding steroid dienone is 6. The lowest BCUT2D eigenvalue weighted by atomic mass is 9.88. The zero-order valence-electron chi connectivity index (χ0n) is 19.9. The van der Waals surface area contributed by atoms with E-state index in [-0.39, 0.29) is 4.75 Å². The summed E-state index contributed by atoms with van der Waals surface area (Å²) in [7, 11) is 0. The molecule has 1 aromatic carbocycles. The summed E-state index contributed by atoms with van der Waals surface area (Å²) >= 11 is 1.84. The molecule has 1 heterocycles. The van der Waals surface area contributed by atoms with Gasteiger partial charge in [-0.05, 0) is 51.8 Å². The molecule has 4 heteroatoms. The maximum atomic E-state index is 12.0. The molecule has 0 saturated carbocycles. The van der Waals surface area contributed by atoms with Crippen molar-refractivity contribution in [1.29, 1.82) is 0 Å². The second-order valence-electron chi connectivity index (χ2n) is 10.3. The molecule has 0 radical (unpaired) electrons. The average molecular weight is 438 g/mol. The van der Waals surface area contributed by atoms with E-state index in [1.165, 1.54) is 32.5 Å². The third-order valence-corrected chi connectivity index (χ3v) is 6.86.